The molecule has 0 aliphatic heterocycles. The third-order valence-electron chi connectivity index (χ3n) is 6.26. The minimum Gasteiger partial charge on any atom is -0.490 e. The number of benzene rings is 1. The van der Waals surface area contributed by atoms with Crippen molar-refractivity contribution in [2.24, 2.45) is 0 Å². The lowest BCUT2D eigenvalue weighted by atomic mass is 9.95. The Balaban J connectivity index is 1.45. The zero-order chi connectivity index (χ0) is 20.7. The summed E-state index contributed by atoms with van der Waals surface area (Å²) in [5.41, 5.74) is 8.05. The number of rotatable bonds is 4. The highest BCUT2D eigenvalue weighted by Gasteiger charge is 2.28. The second kappa shape index (κ2) is 7.58. The summed E-state index contributed by atoms with van der Waals surface area (Å²) < 4.78 is 6.39. The highest BCUT2D eigenvalue weighted by atomic mass is 16.5. The van der Waals surface area contributed by atoms with Crippen LogP contribution in [0.5, 0.6) is 5.75 Å². The van der Waals surface area contributed by atoms with E-state index in [2.05, 4.69) is 40.3 Å². The van der Waals surface area contributed by atoms with Crippen LogP contribution in [0.25, 0.3) is 22.5 Å². The maximum atomic E-state index is 9.76. The summed E-state index contributed by atoms with van der Waals surface area (Å²) in [5.74, 6) is 0.970. The van der Waals surface area contributed by atoms with Gasteiger partial charge in [-0.2, -0.15) is 10.4 Å². The van der Waals surface area contributed by atoms with Crippen LogP contribution >= 0.6 is 0 Å². The third-order valence-corrected chi connectivity index (χ3v) is 6.26. The Morgan fingerprint density at radius 1 is 1.23 bits per heavy atom. The van der Waals surface area contributed by atoms with E-state index < -0.39 is 0 Å². The van der Waals surface area contributed by atoms with Gasteiger partial charge in [-0.25, -0.2) is 4.98 Å². The fourth-order valence-electron chi connectivity index (χ4n) is 4.56. The molecule has 1 aromatic carbocycles. The van der Waals surface area contributed by atoms with Crippen LogP contribution in [0, 0.1) is 11.3 Å². The number of ether oxygens (including phenoxy) is 1. The molecule has 152 valence electrons. The first-order chi connectivity index (χ1) is 14.7. The number of hydrogen-bond acceptors (Lipinski definition) is 5. The average Bonchev–Trinajstić information content (AvgIpc) is 3.34. The third kappa shape index (κ3) is 3.25. The van der Waals surface area contributed by atoms with Crippen molar-refractivity contribution in [1.29, 1.82) is 5.26 Å². The highest BCUT2D eigenvalue weighted by molar-refractivity contribution is 5.82. The van der Waals surface area contributed by atoms with Gasteiger partial charge in [-0.15, -0.1) is 0 Å². The van der Waals surface area contributed by atoms with Crippen LogP contribution in [0.2, 0.25) is 0 Å². The number of nitrogens with one attached hydrogen (secondary N) is 1. The number of fused-ring (bicyclic) bond motifs is 3. The van der Waals surface area contributed by atoms with Gasteiger partial charge in [-0.05, 0) is 67.5 Å². The Morgan fingerprint density at radius 2 is 2.07 bits per heavy atom. The summed E-state index contributed by atoms with van der Waals surface area (Å²) in [6.07, 6.45) is 6.83. The molecular formula is C24H24N4O2. The lowest BCUT2D eigenvalue weighted by Gasteiger charge is -2.27. The number of nitrogens with zero attached hydrogens (tertiary/aromatic N) is 3. The Bertz CT molecular complexity index is 1120. The number of aromatic nitrogens is 3. The Kier molecular flexibility index (Phi) is 4.76. The second-order valence-corrected chi connectivity index (χ2v) is 8.17. The molecule has 5 rings (SSSR count). The molecule has 6 heteroatoms. The first-order valence-electron chi connectivity index (χ1n) is 10.6. The fourth-order valence-corrected chi connectivity index (χ4v) is 4.56. The number of pyridine rings is 1. The van der Waals surface area contributed by atoms with Gasteiger partial charge >= 0.3 is 0 Å². The van der Waals surface area contributed by atoms with Crippen LogP contribution in [0.15, 0.2) is 30.5 Å². The molecule has 0 spiro atoms. The number of nitriles is 1. The van der Waals surface area contributed by atoms with Crippen molar-refractivity contribution in [1.82, 2.24) is 15.2 Å². The largest absolute Gasteiger partial charge is 0.490 e. The molecule has 2 heterocycles. The summed E-state index contributed by atoms with van der Waals surface area (Å²) in [6.45, 7) is 2.15. The highest BCUT2D eigenvalue weighted by Crippen LogP contribution is 2.43. The molecule has 2 aliphatic rings. The smallest absolute Gasteiger partial charge is 0.140 e. The Morgan fingerprint density at radius 3 is 2.77 bits per heavy atom. The molecule has 0 radical (unpaired) electrons. The van der Waals surface area contributed by atoms with Crippen molar-refractivity contribution in [3.63, 3.8) is 0 Å². The fraction of sp³-hybridized carbons (Fsp3) is 0.375. The normalized spacial score (nSPS) is 19.8. The monoisotopic (exact) mass is 400 g/mol. The SMILES string of the molecule is CCc1cc2c(cc1OC1CCC(O)CC1)Cc1c(-c3ccc(C#N)nc3)n[nH]c1-2. The molecule has 0 bridgehead atoms. The molecule has 0 unspecified atom stereocenters. The number of aromatic amines is 1. The number of aliphatic hydroxyl groups is 1. The molecule has 1 saturated carbocycles. The topological polar surface area (TPSA) is 94.8 Å². The first kappa shape index (κ1) is 18.8. The molecule has 0 atom stereocenters. The van der Waals surface area contributed by atoms with E-state index in [9.17, 15) is 5.11 Å². The van der Waals surface area contributed by atoms with Gasteiger partial charge in [-0.1, -0.05) is 6.92 Å². The predicted octanol–water partition coefficient (Wildman–Crippen LogP) is 4.16. The van der Waals surface area contributed by atoms with Crippen molar-refractivity contribution in [3.05, 3.63) is 52.8 Å². The maximum absolute atomic E-state index is 9.76. The van der Waals surface area contributed by atoms with E-state index in [0.717, 1.165) is 66.8 Å². The summed E-state index contributed by atoms with van der Waals surface area (Å²) in [6, 6.07) is 10.1. The van der Waals surface area contributed by atoms with Gasteiger partial charge in [0.1, 0.15) is 17.5 Å². The van der Waals surface area contributed by atoms with Crippen molar-refractivity contribution in [3.8, 4) is 34.3 Å². The number of hydrogen-bond donors (Lipinski definition) is 2. The van der Waals surface area contributed by atoms with E-state index >= 15 is 0 Å². The number of aliphatic hydroxyl groups excluding tert-OH is 1. The average molecular weight is 400 g/mol. The summed E-state index contributed by atoms with van der Waals surface area (Å²) in [4.78, 5) is 4.19. The summed E-state index contributed by atoms with van der Waals surface area (Å²) in [7, 11) is 0. The zero-order valence-electron chi connectivity index (χ0n) is 17.0. The van der Waals surface area contributed by atoms with Crippen LogP contribution in [0.3, 0.4) is 0 Å². The standard InChI is InChI=1S/C24H24N4O2/c1-2-14-9-20-16(11-22(14)30-19-7-5-18(29)6-8-19)10-21-23(27-28-24(20)21)15-3-4-17(12-25)26-13-15/h3-4,9,11,13,18-19,29H,2,5-8,10H2,1H3,(H,27,28). The van der Waals surface area contributed by atoms with Gasteiger partial charge < -0.3 is 9.84 Å². The van der Waals surface area contributed by atoms with Crippen LogP contribution in [-0.4, -0.2) is 32.5 Å². The van der Waals surface area contributed by atoms with Crippen molar-refractivity contribution in [2.75, 3.05) is 0 Å². The van der Waals surface area contributed by atoms with Gasteiger partial charge in [0.05, 0.1) is 23.6 Å². The molecule has 2 N–H and O–H groups in total. The lowest BCUT2D eigenvalue weighted by Crippen LogP contribution is -2.26. The van der Waals surface area contributed by atoms with Crippen LogP contribution in [-0.2, 0) is 12.8 Å². The van der Waals surface area contributed by atoms with Gasteiger partial charge in [0.25, 0.3) is 0 Å². The molecule has 0 saturated heterocycles. The molecule has 2 aromatic heterocycles. The Hall–Kier alpha value is -3.17. The van der Waals surface area contributed by atoms with E-state index in [4.69, 9.17) is 10.00 Å². The predicted molar refractivity (Wildman–Crippen MR) is 113 cm³/mol. The van der Waals surface area contributed by atoms with E-state index in [1.807, 2.05) is 6.07 Å². The molecule has 1 fully saturated rings. The second-order valence-electron chi connectivity index (χ2n) is 8.17. The van der Waals surface area contributed by atoms with Crippen molar-refractivity contribution < 1.29 is 9.84 Å². The lowest BCUT2D eigenvalue weighted by molar-refractivity contribution is 0.0661. The van der Waals surface area contributed by atoms with E-state index in [-0.39, 0.29) is 12.2 Å². The van der Waals surface area contributed by atoms with E-state index in [1.54, 1.807) is 12.3 Å². The van der Waals surface area contributed by atoms with E-state index in [0.29, 0.717) is 5.69 Å². The minimum absolute atomic E-state index is 0.178. The number of aryl methyl sites for hydroxylation is 1. The molecular weight excluding hydrogens is 376 g/mol. The summed E-state index contributed by atoms with van der Waals surface area (Å²) >= 11 is 0. The van der Waals surface area contributed by atoms with Gasteiger partial charge in [0.15, 0.2) is 0 Å². The molecule has 30 heavy (non-hydrogen) atoms. The Labute approximate surface area is 175 Å². The molecule has 0 amide bonds. The number of H-pyrrole nitrogens is 1. The van der Waals surface area contributed by atoms with Gasteiger partial charge in [-0.3, -0.25) is 5.10 Å². The molecule has 6 nitrogen and oxygen atoms in total. The van der Waals surface area contributed by atoms with Crippen LogP contribution in [0.1, 0.15) is 55.0 Å². The minimum atomic E-state index is -0.178. The van der Waals surface area contributed by atoms with Crippen molar-refractivity contribution in [2.45, 2.75) is 57.7 Å². The first-order valence-corrected chi connectivity index (χ1v) is 10.6. The van der Waals surface area contributed by atoms with Crippen LogP contribution < -0.4 is 4.74 Å². The zero-order valence-corrected chi connectivity index (χ0v) is 17.0. The molecule has 2 aliphatic carbocycles. The van der Waals surface area contributed by atoms with Crippen molar-refractivity contribution >= 4 is 0 Å². The molecule has 3 aromatic rings. The summed E-state index contributed by atoms with van der Waals surface area (Å²) in [5, 5.41) is 26.5. The quantitative estimate of drug-likeness (QED) is 0.536. The van der Waals surface area contributed by atoms with Gasteiger partial charge in [0, 0.05) is 29.3 Å². The van der Waals surface area contributed by atoms with Gasteiger partial charge in [0.2, 0.25) is 0 Å². The van der Waals surface area contributed by atoms with E-state index in [1.165, 1.54) is 16.7 Å². The maximum Gasteiger partial charge on any atom is 0.140 e. The van der Waals surface area contributed by atoms with Crippen LogP contribution in [0.4, 0.5) is 0 Å².